The predicted molar refractivity (Wildman–Crippen MR) is 190 cm³/mol. The Bertz CT molecular complexity index is 1490. The number of amides is 2. The minimum absolute atomic E-state index is 0.0693. The zero-order valence-corrected chi connectivity index (χ0v) is 29.7. The van der Waals surface area contributed by atoms with E-state index in [1.54, 1.807) is 43.5 Å². The van der Waals surface area contributed by atoms with Crippen molar-refractivity contribution in [3.63, 3.8) is 0 Å². The number of piperidine rings is 1. The van der Waals surface area contributed by atoms with Crippen molar-refractivity contribution in [3.05, 3.63) is 42.1 Å². The molecule has 2 N–H and O–H groups in total. The highest BCUT2D eigenvalue weighted by Crippen LogP contribution is 2.40. The highest BCUT2D eigenvalue weighted by Gasteiger charge is 2.41. The van der Waals surface area contributed by atoms with Gasteiger partial charge >= 0.3 is 5.97 Å². The van der Waals surface area contributed by atoms with Crippen LogP contribution in [0.3, 0.4) is 0 Å². The van der Waals surface area contributed by atoms with E-state index in [0.29, 0.717) is 61.4 Å². The fourth-order valence-corrected chi connectivity index (χ4v) is 6.84. The first-order chi connectivity index (χ1) is 24.3. The van der Waals surface area contributed by atoms with Crippen LogP contribution in [0, 0.1) is 0 Å². The number of hydrogen-bond acceptors (Lipinski definition) is 12. The molecule has 3 aliphatic rings. The largest absolute Gasteiger partial charge is 0.495 e. The Balaban J connectivity index is 1.06. The van der Waals surface area contributed by atoms with Crippen LogP contribution in [-0.4, -0.2) is 118 Å². The molecular weight excluding hydrogens is 642 g/mol. The van der Waals surface area contributed by atoms with Gasteiger partial charge in [0.25, 0.3) is 5.91 Å². The molecule has 1 aliphatic carbocycles. The summed E-state index contributed by atoms with van der Waals surface area (Å²) in [6, 6.07) is 5.19. The molecule has 1 aromatic carbocycles. The quantitative estimate of drug-likeness (QED) is 0.150. The molecule has 50 heavy (non-hydrogen) atoms. The topological polar surface area (TPSA) is 148 Å². The van der Waals surface area contributed by atoms with Crippen molar-refractivity contribution in [2.75, 3.05) is 82.4 Å². The lowest BCUT2D eigenvalue weighted by Gasteiger charge is -2.43. The molecule has 2 amide bonds. The van der Waals surface area contributed by atoms with Gasteiger partial charge in [0, 0.05) is 50.9 Å². The summed E-state index contributed by atoms with van der Waals surface area (Å²) in [5.74, 6) is 1.11. The van der Waals surface area contributed by atoms with E-state index in [0.717, 1.165) is 64.0 Å². The Morgan fingerprint density at radius 3 is 2.56 bits per heavy atom. The molecule has 0 spiro atoms. The molecule has 14 heteroatoms. The van der Waals surface area contributed by atoms with Gasteiger partial charge in [0.15, 0.2) is 5.82 Å². The number of likely N-dealkylation sites (N-methyl/N-ethyl adjacent to an activating group) is 1. The van der Waals surface area contributed by atoms with Crippen molar-refractivity contribution in [2.24, 2.45) is 0 Å². The fraction of sp³-hybridized carbons (Fsp3) is 0.583. The van der Waals surface area contributed by atoms with Gasteiger partial charge in [-0.2, -0.15) is 4.98 Å². The second-order valence-corrected chi connectivity index (χ2v) is 12.8. The van der Waals surface area contributed by atoms with Crippen LogP contribution in [0.5, 0.6) is 5.75 Å². The molecule has 1 atom stereocenters. The minimum atomic E-state index is -0.339. The number of carbonyl (C=O) groups excluding carboxylic acids is 3. The monoisotopic (exact) mass is 693 g/mol. The Kier molecular flexibility index (Phi) is 13.4. The van der Waals surface area contributed by atoms with Crippen LogP contribution >= 0.6 is 0 Å². The van der Waals surface area contributed by atoms with Gasteiger partial charge in [-0.25, -0.2) is 9.78 Å². The molecule has 14 nitrogen and oxygen atoms in total. The van der Waals surface area contributed by atoms with E-state index in [1.807, 2.05) is 13.0 Å². The van der Waals surface area contributed by atoms with E-state index in [1.165, 1.54) is 13.2 Å². The molecule has 2 fully saturated rings. The molecule has 3 heterocycles. The summed E-state index contributed by atoms with van der Waals surface area (Å²) in [6.45, 7) is 6.24. The highest BCUT2D eigenvalue weighted by atomic mass is 16.5. The number of anilines is 4. The summed E-state index contributed by atoms with van der Waals surface area (Å²) in [6.07, 6.45) is 12.1. The number of nitrogens with one attached hydrogen (secondary N) is 2. The number of likely N-dealkylation sites (tertiary alicyclic amines) is 1. The fourth-order valence-electron chi connectivity index (χ4n) is 6.84. The minimum Gasteiger partial charge on any atom is -0.495 e. The molecule has 272 valence electrons. The third-order valence-corrected chi connectivity index (χ3v) is 9.59. The number of ether oxygens (including phenoxy) is 4. The zero-order chi connectivity index (χ0) is 35.5. The second kappa shape index (κ2) is 18.1. The maximum atomic E-state index is 13.2. The zero-order valence-electron chi connectivity index (χ0n) is 29.7. The van der Waals surface area contributed by atoms with Crippen LogP contribution in [0.15, 0.2) is 36.5 Å². The van der Waals surface area contributed by atoms with Crippen LogP contribution in [-0.2, 0) is 23.8 Å². The first-order valence-corrected chi connectivity index (χ1v) is 17.6. The average Bonchev–Trinajstić information content (AvgIpc) is 3.67. The summed E-state index contributed by atoms with van der Waals surface area (Å²) in [4.78, 5) is 52.9. The van der Waals surface area contributed by atoms with Crippen molar-refractivity contribution in [3.8, 4) is 5.75 Å². The number of rotatable bonds is 16. The SMILES string of the molecule is CC[C@@H]1C(=O)N(C)c2cnc(Nc3ccc(C(=O)NCCOCCOC4CCN(C/C=C/C(=O)OC)CC4)cc3OC)nc2N1C1CCCC1. The van der Waals surface area contributed by atoms with Gasteiger partial charge in [-0.1, -0.05) is 25.8 Å². The third-order valence-electron chi connectivity index (χ3n) is 9.59. The van der Waals surface area contributed by atoms with Gasteiger partial charge < -0.3 is 39.4 Å². The van der Waals surface area contributed by atoms with Crippen molar-refractivity contribution in [1.82, 2.24) is 20.2 Å². The number of hydrogen-bond donors (Lipinski definition) is 2. The Morgan fingerprint density at radius 1 is 1.06 bits per heavy atom. The van der Waals surface area contributed by atoms with Gasteiger partial charge in [0.05, 0.1) is 52.0 Å². The van der Waals surface area contributed by atoms with Crippen LogP contribution in [0.1, 0.15) is 62.2 Å². The van der Waals surface area contributed by atoms with Crippen molar-refractivity contribution in [2.45, 2.75) is 70.1 Å². The Morgan fingerprint density at radius 2 is 1.84 bits per heavy atom. The van der Waals surface area contributed by atoms with Crippen LogP contribution in [0.4, 0.5) is 23.1 Å². The van der Waals surface area contributed by atoms with Gasteiger partial charge in [0.1, 0.15) is 17.5 Å². The summed E-state index contributed by atoms with van der Waals surface area (Å²) >= 11 is 0. The number of benzene rings is 1. The van der Waals surface area contributed by atoms with Gasteiger partial charge in [-0.15, -0.1) is 0 Å². The van der Waals surface area contributed by atoms with Crippen LogP contribution < -0.4 is 25.2 Å². The number of fused-ring (bicyclic) bond motifs is 1. The summed E-state index contributed by atoms with van der Waals surface area (Å²) in [7, 11) is 4.70. The standard InChI is InChI=1S/C36H51N7O7/c1-5-29-35(46)41(2)30-24-38-36(40-33(30)43(29)26-9-6-7-10-26)39-28-13-12-25(23-31(28)47-3)34(45)37-16-20-49-21-22-50-27-14-18-42(19-15-27)17-8-11-32(44)48-4/h8,11-13,23-24,26-27,29H,5-7,9-10,14-22H2,1-4H3,(H,37,45)(H,38,39,40)/b11-8+/t29-/m1/s1. The molecule has 1 saturated carbocycles. The number of carbonyl (C=O) groups is 3. The van der Waals surface area contributed by atoms with E-state index >= 15 is 0 Å². The van der Waals surface area contributed by atoms with E-state index < -0.39 is 0 Å². The van der Waals surface area contributed by atoms with Gasteiger partial charge in [-0.3, -0.25) is 14.5 Å². The second-order valence-electron chi connectivity index (χ2n) is 12.8. The lowest BCUT2D eigenvalue weighted by atomic mass is 10.0. The first kappa shape index (κ1) is 37.0. The van der Waals surface area contributed by atoms with Crippen molar-refractivity contribution < 1.29 is 33.3 Å². The van der Waals surface area contributed by atoms with Crippen molar-refractivity contribution >= 4 is 40.9 Å². The lowest BCUT2D eigenvalue weighted by molar-refractivity contribution is -0.134. The van der Waals surface area contributed by atoms with E-state index in [4.69, 9.17) is 19.2 Å². The lowest BCUT2D eigenvalue weighted by Crippen LogP contribution is -2.55. The smallest absolute Gasteiger partial charge is 0.330 e. The Labute approximate surface area is 294 Å². The normalized spacial score (nSPS) is 18.8. The molecule has 5 rings (SSSR count). The molecule has 0 bridgehead atoms. The van der Waals surface area contributed by atoms with Crippen LogP contribution in [0.25, 0.3) is 0 Å². The average molecular weight is 694 g/mol. The summed E-state index contributed by atoms with van der Waals surface area (Å²) in [5, 5.41) is 6.15. The van der Waals surface area contributed by atoms with E-state index in [9.17, 15) is 14.4 Å². The molecule has 2 aliphatic heterocycles. The number of esters is 1. The molecule has 1 saturated heterocycles. The molecule has 0 unspecified atom stereocenters. The maximum Gasteiger partial charge on any atom is 0.330 e. The molecule has 1 aromatic heterocycles. The summed E-state index contributed by atoms with van der Waals surface area (Å²) < 4.78 is 21.9. The maximum absolute atomic E-state index is 13.2. The van der Waals surface area contributed by atoms with E-state index in [2.05, 4.69) is 30.2 Å². The number of methoxy groups -OCH3 is 2. The molecule has 0 radical (unpaired) electrons. The molecular formula is C36H51N7O7. The number of aromatic nitrogens is 2. The highest BCUT2D eigenvalue weighted by molar-refractivity contribution is 6.04. The Hall–Kier alpha value is -4.27. The summed E-state index contributed by atoms with van der Waals surface area (Å²) in [5.41, 5.74) is 1.77. The number of nitrogens with zero attached hydrogens (tertiary/aromatic N) is 5. The van der Waals surface area contributed by atoms with Gasteiger partial charge in [-0.05, 0) is 50.3 Å². The van der Waals surface area contributed by atoms with Gasteiger partial charge in [0.2, 0.25) is 11.9 Å². The van der Waals surface area contributed by atoms with Crippen LogP contribution in [0.2, 0.25) is 0 Å². The molecule has 2 aromatic rings. The van der Waals surface area contributed by atoms with E-state index in [-0.39, 0.29) is 36.0 Å². The van der Waals surface area contributed by atoms with Crippen molar-refractivity contribution in [1.29, 1.82) is 0 Å². The predicted octanol–water partition coefficient (Wildman–Crippen LogP) is 3.69. The third kappa shape index (κ3) is 9.29. The first-order valence-electron chi connectivity index (χ1n) is 17.6.